The lowest BCUT2D eigenvalue weighted by molar-refractivity contribution is 0.0761. The third-order valence-corrected chi connectivity index (χ3v) is 6.88. The maximum Gasteiger partial charge on any atom is 0.253 e. The minimum Gasteiger partial charge on any atom is -0.337 e. The van der Waals surface area contributed by atoms with Crippen molar-refractivity contribution in [2.45, 2.75) is 13.0 Å². The molecule has 2 heterocycles. The van der Waals surface area contributed by atoms with Crippen LogP contribution >= 0.6 is 23.2 Å². The zero-order valence-electron chi connectivity index (χ0n) is 19.0. The first-order chi connectivity index (χ1) is 16.6. The Labute approximate surface area is 211 Å². The number of carbonyl (C=O) groups is 1. The molecule has 3 aromatic carbocycles. The predicted molar refractivity (Wildman–Crippen MR) is 141 cm³/mol. The smallest absolute Gasteiger partial charge is 0.253 e. The lowest BCUT2D eigenvalue weighted by Gasteiger charge is -2.28. The minimum absolute atomic E-state index is 0.0955. The third-order valence-electron chi connectivity index (χ3n) is 6.44. The Morgan fingerprint density at radius 2 is 1.62 bits per heavy atom. The number of hydrogen-bond acceptors (Lipinski definition) is 3. The lowest BCUT2D eigenvalue weighted by Crippen LogP contribution is -2.35. The number of benzene rings is 3. The highest BCUT2D eigenvalue weighted by molar-refractivity contribution is 6.34. The van der Waals surface area contributed by atoms with Gasteiger partial charge < -0.3 is 9.80 Å². The fourth-order valence-corrected chi connectivity index (χ4v) is 5.33. The van der Waals surface area contributed by atoms with Gasteiger partial charge in [0.05, 0.1) is 0 Å². The van der Waals surface area contributed by atoms with E-state index in [1.807, 2.05) is 29.2 Å². The Hall–Kier alpha value is -2.79. The molecular formula is C28H27Cl2N3O. The summed E-state index contributed by atoms with van der Waals surface area (Å²) in [5.74, 6) is 0.0955. The molecule has 0 bridgehead atoms. The molecule has 0 aliphatic carbocycles. The number of carbonyl (C=O) groups excluding carboxylic acids is 1. The van der Waals surface area contributed by atoms with Gasteiger partial charge in [-0.15, -0.1) is 0 Å². The van der Waals surface area contributed by atoms with Gasteiger partial charge >= 0.3 is 0 Å². The zero-order chi connectivity index (χ0) is 23.5. The normalized spacial score (nSPS) is 16.3. The maximum atomic E-state index is 13.2. The molecule has 2 aliphatic heterocycles. The van der Waals surface area contributed by atoms with Crippen molar-refractivity contribution >= 4 is 46.6 Å². The summed E-state index contributed by atoms with van der Waals surface area (Å²) in [5, 5.41) is 1.31. The van der Waals surface area contributed by atoms with Crippen molar-refractivity contribution in [2.75, 3.05) is 37.6 Å². The van der Waals surface area contributed by atoms with E-state index < -0.39 is 0 Å². The summed E-state index contributed by atoms with van der Waals surface area (Å²) in [6, 6.07) is 22.1. The number of anilines is 2. The van der Waals surface area contributed by atoms with Crippen molar-refractivity contribution in [3.63, 3.8) is 0 Å². The average molecular weight is 492 g/mol. The second-order valence-electron chi connectivity index (χ2n) is 8.82. The topological polar surface area (TPSA) is 26.8 Å². The highest BCUT2D eigenvalue weighted by Crippen LogP contribution is 2.32. The summed E-state index contributed by atoms with van der Waals surface area (Å²) in [6.45, 7) is 4.84. The summed E-state index contributed by atoms with van der Waals surface area (Å²) >= 11 is 12.3. The van der Waals surface area contributed by atoms with E-state index in [9.17, 15) is 4.79 Å². The lowest BCUT2D eigenvalue weighted by atomic mass is 10.1. The highest BCUT2D eigenvalue weighted by atomic mass is 35.5. The Morgan fingerprint density at radius 1 is 0.853 bits per heavy atom. The van der Waals surface area contributed by atoms with Gasteiger partial charge in [-0.05, 0) is 66.1 Å². The number of rotatable bonds is 4. The fraction of sp³-hybridized carbons (Fsp3) is 0.250. The van der Waals surface area contributed by atoms with E-state index in [0.717, 1.165) is 56.0 Å². The van der Waals surface area contributed by atoms with Crippen molar-refractivity contribution in [1.29, 1.82) is 0 Å². The summed E-state index contributed by atoms with van der Waals surface area (Å²) in [7, 11) is 0. The SMILES string of the molecule is O=C(c1ccc(N2CC=Cc3ccccc32)cc1)N1CCCN(Cc2cc(Cl)cc(Cl)c2)CC1. The first-order valence-electron chi connectivity index (χ1n) is 11.7. The molecule has 1 fully saturated rings. The van der Waals surface area contributed by atoms with E-state index in [1.54, 1.807) is 6.07 Å². The van der Waals surface area contributed by atoms with E-state index in [-0.39, 0.29) is 5.91 Å². The molecule has 4 nitrogen and oxygen atoms in total. The molecule has 174 valence electrons. The molecule has 34 heavy (non-hydrogen) atoms. The van der Waals surface area contributed by atoms with Gasteiger partial charge in [0.15, 0.2) is 0 Å². The van der Waals surface area contributed by atoms with Crippen LogP contribution in [0.2, 0.25) is 10.0 Å². The van der Waals surface area contributed by atoms with E-state index in [0.29, 0.717) is 16.6 Å². The number of amides is 1. The van der Waals surface area contributed by atoms with Gasteiger partial charge in [0.25, 0.3) is 5.91 Å². The molecule has 1 saturated heterocycles. The molecule has 6 heteroatoms. The van der Waals surface area contributed by atoms with Crippen LogP contribution in [0, 0.1) is 0 Å². The Morgan fingerprint density at radius 3 is 2.41 bits per heavy atom. The van der Waals surface area contributed by atoms with Crippen molar-refractivity contribution in [3.8, 4) is 0 Å². The van der Waals surface area contributed by atoms with E-state index in [1.165, 1.54) is 11.3 Å². The molecule has 0 spiro atoms. The molecule has 0 aromatic heterocycles. The molecule has 0 unspecified atom stereocenters. The van der Waals surface area contributed by atoms with Crippen LogP contribution in [0.25, 0.3) is 6.08 Å². The molecule has 0 atom stereocenters. The monoisotopic (exact) mass is 491 g/mol. The van der Waals surface area contributed by atoms with Crippen LogP contribution < -0.4 is 4.90 Å². The van der Waals surface area contributed by atoms with E-state index in [4.69, 9.17) is 23.2 Å². The molecule has 0 radical (unpaired) electrons. The summed E-state index contributed by atoms with van der Waals surface area (Å²) in [5.41, 5.74) is 5.33. The number of nitrogens with zero attached hydrogens (tertiary/aromatic N) is 3. The number of fused-ring (bicyclic) bond motifs is 1. The molecule has 0 N–H and O–H groups in total. The van der Waals surface area contributed by atoms with Crippen LogP contribution in [-0.2, 0) is 6.54 Å². The molecule has 5 rings (SSSR count). The van der Waals surface area contributed by atoms with Crippen LogP contribution in [0.1, 0.15) is 27.9 Å². The van der Waals surface area contributed by atoms with Crippen molar-refractivity contribution in [3.05, 3.63) is 99.5 Å². The van der Waals surface area contributed by atoms with Gasteiger partial charge in [-0.3, -0.25) is 9.69 Å². The van der Waals surface area contributed by atoms with Crippen molar-refractivity contribution in [1.82, 2.24) is 9.80 Å². The quantitative estimate of drug-likeness (QED) is 0.416. The number of hydrogen-bond donors (Lipinski definition) is 0. The van der Waals surface area contributed by atoms with Crippen molar-refractivity contribution in [2.24, 2.45) is 0 Å². The van der Waals surface area contributed by atoms with Gasteiger partial charge in [0, 0.05) is 66.3 Å². The molecule has 2 aliphatic rings. The summed E-state index contributed by atoms with van der Waals surface area (Å²) in [6.07, 6.45) is 5.27. The first-order valence-corrected chi connectivity index (χ1v) is 12.4. The molecule has 0 saturated carbocycles. The largest absolute Gasteiger partial charge is 0.337 e. The van der Waals surface area contributed by atoms with Crippen LogP contribution in [0.15, 0.2) is 72.8 Å². The van der Waals surface area contributed by atoms with Crippen molar-refractivity contribution < 1.29 is 4.79 Å². The van der Waals surface area contributed by atoms with Crippen LogP contribution in [0.5, 0.6) is 0 Å². The Kier molecular flexibility index (Phi) is 6.91. The first kappa shape index (κ1) is 23.0. The number of halogens is 2. The van der Waals surface area contributed by atoms with E-state index >= 15 is 0 Å². The molecule has 3 aromatic rings. The minimum atomic E-state index is 0.0955. The number of para-hydroxylation sites is 1. The van der Waals surface area contributed by atoms with Gasteiger partial charge in [-0.1, -0.05) is 53.6 Å². The average Bonchev–Trinajstić information content (AvgIpc) is 3.08. The summed E-state index contributed by atoms with van der Waals surface area (Å²) in [4.78, 5) is 19.8. The highest BCUT2D eigenvalue weighted by Gasteiger charge is 2.21. The molecule has 1 amide bonds. The zero-order valence-corrected chi connectivity index (χ0v) is 20.5. The van der Waals surface area contributed by atoms with Crippen LogP contribution in [0.3, 0.4) is 0 Å². The second-order valence-corrected chi connectivity index (χ2v) is 9.69. The van der Waals surface area contributed by atoms with Gasteiger partial charge in [0.2, 0.25) is 0 Å². The summed E-state index contributed by atoms with van der Waals surface area (Å²) < 4.78 is 0. The standard InChI is InChI=1S/C28H27Cl2N3O/c29-24-17-21(18-25(30)19-24)20-31-12-4-13-32(16-15-31)28(34)23-8-10-26(11-9-23)33-14-3-6-22-5-1-2-7-27(22)33/h1-3,5-11,17-19H,4,12-16,20H2. The third kappa shape index (κ3) is 5.15. The second kappa shape index (κ2) is 10.2. The maximum absolute atomic E-state index is 13.2. The fourth-order valence-electron chi connectivity index (χ4n) is 4.76. The Balaban J connectivity index is 1.23. The predicted octanol–water partition coefficient (Wildman–Crippen LogP) is 6.51. The van der Waals surface area contributed by atoms with Gasteiger partial charge in [-0.25, -0.2) is 0 Å². The molecular weight excluding hydrogens is 465 g/mol. The van der Waals surface area contributed by atoms with Crippen LogP contribution in [-0.4, -0.2) is 48.4 Å². The van der Waals surface area contributed by atoms with Crippen LogP contribution in [0.4, 0.5) is 11.4 Å². The van der Waals surface area contributed by atoms with E-state index in [2.05, 4.69) is 58.4 Å². The Bertz CT molecular complexity index is 1190. The van der Waals surface area contributed by atoms with Gasteiger partial charge in [-0.2, -0.15) is 0 Å². The van der Waals surface area contributed by atoms with Gasteiger partial charge in [0.1, 0.15) is 0 Å².